The van der Waals surface area contributed by atoms with E-state index in [1.165, 1.54) is 0 Å². The second kappa shape index (κ2) is 6.07. The van der Waals surface area contributed by atoms with Crippen LogP contribution in [0.25, 0.3) is 11.3 Å². The summed E-state index contributed by atoms with van der Waals surface area (Å²) in [6.07, 6.45) is 4.42. The van der Waals surface area contributed by atoms with Crippen molar-refractivity contribution in [3.05, 3.63) is 36.7 Å². The summed E-state index contributed by atoms with van der Waals surface area (Å²) in [6.45, 7) is 2.74. The number of hydrogen-bond acceptors (Lipinski definition) is 5. The highest BCUT2D eigenvalue weighted by atomic mass is 15.2. The fourth-order valence-corrected chi connectivity index (χ4v) is 1.65. The summed E-state index contributed by atoms with van der Waals surface area (Å²) in [5, 5.41) is 11.6. The van der Waals surface area contributed by atoms with Gasteiger partial charge in [-0.1, -0.05) is 0 Å². The number of nitrogens with two attached hydrogens (primary N) is 1. The molecule has 1 atom stereocenters. The van der Waals surface area contributed by atoms with E-state index in [1.54, 1.807) is 12.4 Å². The highest BCUT2D eigenvalue weighted by Crippen LogP contribution is 2.15. The monoisotopic (exact) mass is 243 g/mol. The van der Waals surface area contributed by atoms with Crippen LogP contribution in [0.5, 0.6) is 0 Å². The van der Waals surface area contributed by atoms with Gasteiger partial charge in [0, 0.05) is 24.0 Å². The van der Waals surface area contributed by atoms with Crippen LogP contribution >= 0.6 is 0 Å². The van der Waals surface area contributed by atoms with Crippen LogP contribution < -0.4 is 11.1 Å². The summed E-state index contributed by atoms with van der Waals surface area (Å²) in [6, 6.07) is 7.99. The molecule has 0 radical (unpaired) electrons. The normalized spacial score (nSPS) is 12.1. The van der Waals surface area contributed by atoms with Crippen molar-refractivity contribution in [1.82, 2.24) is 15.2 Å². The van der Waals surface area contributed by atoms with E-state index >= 15 is 0 Å². The standard InChI is InChI=1S/C13H17N5/c1-10(6-7-14)16-13-5-4-12(17-18-13)11-3-2-8-15-9-11/h2-5,8-10H,6-7,14H2,1H3,(H,16,18). The van der Waals surface area contributed by atoms with Crippen molar-refractivity contribution < 1.29 is 0 Å². The lowest BCUT2D eigenvalue weighted by Gasteiger charge is -2.12. The molecular formula is C13H17N5. The minimum absolute atomic E-state index is 0.300. The zero-order valence-corrected chi connectivity index (χ0v) is 10.4. The Morgan fingerprint density at radius 1 is 1.28 bits per heavy atom. The third-order valence-electron chi connectivity index (χ3n) is 2.62. The van der Waals surface area contributed by atoms with Crippen LogP contribution in [0.15, 0.2) is 36.7 Å². The summed E-state index contributed by atoms with van der Waals surface area (Å²) < 4.78 is 0. The first-order valence-corrected chi connectivity index (χ1v) is 6.00. The minimum atomic E-state index is 0.300. The van der Waals surface area contributed by atoms with Crippen LogP contribution in [0.2, 0.25) is 0 Å². The highest BCUT2D eigenvalue weighted by Gasteiger charge is 2.03. The third-order valence-corrected chi connectivity index (χ3v) is 2.62. The molecule has 5 heteroatoms. The Morgan fingerprint density at radius 3 is 2.78 bits per heavy atom. The number of hydrogen-bond donors (Lipinski definition) is 2. The predicted octanol–water partition coefficient (Wildman–Crippen LogP) is 1.69. The summed E-state index contributed by atoms with van der Waals surface area (Å²) >= 11 is 0. The maximum atomic E-state index is 5.50. The van der Waals surface area contributed by atoms with Gasteiger partial charge in [-0.25, -0.2) is 0 Å². The lowest BCUT2D eigenvalue weighted by atomic mass is 10.2. The molecule has 0 saturated carbocycles. The van der Waals surface area contributed by atoms with E-state index in [4.69, 9.17) is 5.73 Å². The first-order valence-electron chi connectivity index (χ1n) is 6.00. The van der Waals surface area contributed by atoms with Crippen LogP contribution in [0.1, 0.15) is 13.3 Å². The van der Waals surface area contributed by atoms with Gasteiger partial charge in [-0.15, -0.1) is 10.2 Å². The van der Waals surface area contributed by atoms with E-state index in [0.29, 0.717) is 12.6 Å². The molecule has 2 aromatic heterocycles. The molecule has 0 amide bonds. The van der Waals surface area contributed by atoms with Gasteiger partial charge >= 0.3 is 0 Å². The minimum Gasteiger partial charge on any atom is -0.366 e. The quantitative estimate of drug-likeness (QED) is 0.835. The number of anilines is 1. The average Bonchev–Trinajstić information content (AvgIpc) is 2.41. The molecule has 5 nitrogen and oxygen atoms in total. The van der Waals surface area contributed by atoms with E-state index in [1.807, 2.05) is 24.3 Å². The highest BCUT2D eigenvalue weighted by molar-refractivity contribution is 5.58. The molecule has 2 heterocycles. The molecular weight excluding hydrogens is 226 g/mol. The average molecular weight is 243 g/mol. The van der Waals surface area contributed by atoms with Gasteiger partial charge in [0.05, 0.1) is 5.69 Å². The SMILES string of the molecule is CC(CCN)Nc1ccc(-c2cccnc2)nn1. The topological polar surface area (TPSA) is 76.7 Å². The molecule has 0 fully saturated rings. The molecule has 0 aliphatic rings. The largest absolute Gasteiger partial charge is 0.366 e. The zero-order chi connectivity index (χ0) is 12.8. The number of nitrogens with zero attached hydrogens (tertiary/aromatic N) is 3. The lowest BCUT2D eigenvalue weighted by Crippen LogP contribution is -2.20. The molecule has 0 saturated heterocycles. The van der Waals surface area contributed by atoms with E-state index < -0.39 is 0 Å². The van der Waals surface area contributed by atoms with Crippen molar-refractivity contribution in [2.45, 2.75) is 19.4 Å². The van der Waals surface area contributed by atoms with Gasteiger partial charge in [0.15, 0.2) is 0 Å². The van der Waals surface area contributed by atoms with Crippen molar-refractivity contribution in [3.8, 4) is 11.3 Å². The van der Waals surface area contributed by atoms with Crippen molar-refractivity contribution in [2.24, 2.45) is 5.73 Å². The number of pyridine rings is 1. The molecule has 2 aromatic rings. The molecule has 0 bridgehead atoms. The van der Waals surface area contributed by atoms with Crippen molar-refractivity contribution in [2.75, 3.05) is 11.9 Å². The Bertz CT molecular complexity index is 469. The van der Waals surface area contributed by atoms with Gasteiger partial charge in [0.2, 0.25) is 0 Å². The fraction of sp³-hybridized carbons (Fsp3) is 0.308. The summed E-state index contributed by atoms with van der Waals surface area (Å²) in [7, 11) is 0. The molecule has 0 aromatic carbocycles. The first-order chi connectivity index (χ1) is 8.79. The summed E-state index contributed by atoms with van der Waals surface area (Å²) in [5.41, 5.74) is 7.28. The van der Waals surface area contributed by atoms with Crippen molar-refractivity contribution >= 4 is 5.82 Å². The van der Waals surface area contributed by atoms with Crippen molar-refractivity contribution in [3.63, 3.8) is 0 Å². The molecule has 94 valence electrons. The second-order valence-electron chi connectivity index (χ2n) is 4.17. The summed E-state index contributed by atoms with van der Waals surface area (Å²) in [4.78, 5) is 4.06. The Balaban J connectivity index is 2.06. The van der Waals surface area contributed by atoms with Crippen molar-refractivity contribution in [1.29, 1.82) is 0 Å². The van der Waals surface area contributed by atoms with E-state index in [-0.39, 0.29) is 0 Å². The lowest BCUT2D eigenvalue weighted by molar-refractivity contribution is 0.711. The Hall–Kier alpha value is -2.01. The number of nitrogens with one attached hydrogen (secondary N) is 1. The van der Waals surface area contributed by atoms with E-state index in [2.05, 4.69) is 27.4 Å². The smallest absolute Gasteiger partial charge is 0.148 e. The Morgan fingerprint density at radius 2 is 2.17 bits per heavy atom. The van der Waals surface area contributed by atoms with Gasteiger partial charge in [-0.2, -0.15) is 0 Å². The molecule has 0 aliphatic heterocycles. The van der Waals surface area contributed by atoms with Crippen LogP contribution in [0.3, 0.4) is 0 Å². The van der Waals surface area contributed by atoms with Gasteiger partial charge < -0.3 is 11.1 Å². The molecule has 0 aliphatic carbocycles. The van der Waals surface area contributed by atoms with Crippen LogP contribution in [0, 0.1) is 0 Å². The number of rotatable bonds is 5. The van der Waals surface area contributed by atoms with Gasteiger partial charge in [-0.05, 0) is 44.2 Å². The first kappa shape index (κ1) is 12.4. The predicted molar refractivity (Wildman–Crippen MR) is 72.0 cm³/mol. The Kier molecular flexibility index (Phi) is 4.20. The zero-order valence-electron chi connectivity index (χ0n) is 10.4. The third kappa shape index (κ3) is 3.24. The molecule has 0 spiro atoms. The Labute approximate surface area is 106 Å². The van der Waals surface area contributed by atoms with E-state index in [0.717, 1.165) is 23.5 Å². The molecule has 1 unspecified atom stereocenters. The van der Waals surface area contributed by atoms with Crippen LogP contribution in [-0.2, 0) is 0 Å². The molecule has 18 heavy (non-hydrogen) atoms. The second-order valence-corrected chi connectivity index (χ2v) is 4.17. The molecule has 3 N–H and O–H groups in total. The number of aromatic nitrogens is 3. The maximum absolute atomic E-state index is 5.50. The maximum Gasteiger partial charge on any atom is 0.148 e. The van der Waals surface area contributed by atoms with Crippen LogP contribution in [-0.4, -0.2) is 27.8 Å². The molecule has 2 rings (SSSR count). The van der Waals surface area contributed by atoms with Gasteiger partial charge in [0.1, 0.15) is 5.82 Å². The van der Waals surface area contributed by atoms with Gasteiger partial charge in [-0.3, -0.25) is 4.98 Å². The fourth-order valence-electron chi connectivity index (χ4n) is 1.65. The summed E-state index contributed by atoms with van der Waals surface area (Å²) in [5.74, 6) is 0.767. The van der Waals surface area contributed by atoms with Crippen LogP contribution in [0.4, 0.5) is 5.82 Å². The van der Waals surface area contributed by atoms with Gasteiger partial charge in [0.25, 0.3) is 0 Å². The van der Waals surface area contributed by atoms with E-state index in [9.17, 15) is 0 Å².